The lowest BCUT2D eigenvalue weighted by molar-refractivity contribution is -0.118. The van der Waals surface area contributed by atoms with E-state index in [-0.39, 0.29) is 29.8 Å². The quantitative estimate of drug-likeness (QED) is 0.387. The maximum atomic E-state index is 12.9. The number of alkyl halides is 1. The van der Waals surface area contributed by atoms with Gasteiger partial charge in [-0.25, -0.2) is 13.1 Å². The number of hydrogen-bond donors (Lipinski definition) is 2. The molecule has 10 heteroatoms. The first-order chi connectivity index (χ1) is 14.9. The van der Waals surface area contributed by atoms with Crippen LogP contribution in [0.15, 0.2) is 45.4 Å². The first kappa shape index (κ1) is 23.3. The van der Waals surface area contributed by atoms with Crippen LogP contribution < -0.4 is 14.8 Å². The third-order valence-corrected chi connectivity index (χ3v) is 6.34. The van der Waals surface area contributed by atoms with E-state index in [1.807, 2.05) is 13.0 Å². The van der Waals surface area contributed by atoms with E-state index in [9.17, 15) is 13.2 Å². The fraction of sp³-hybridized carbons (Fsp3) is 0.381. The molecule has 0 aliphatic heterocycles. The van der Waals surface area contributed by atoms with Gasteiger partial charge >= 0.3 is 0 Å². The first-order valence-corrected chi connectivity index (χ1v) is 11.9. The minimum Gasteiger partial charge on any atom is -0.493 e. The van der Waals surface area contributed by atoms with Gasteiger partial charge in [-0.15, -0.1) is 11.6 Å². The monoisotopic (exact) mass is 468 g/mol. The third kappa shape index (κ3) is 5.48. The number of nitrogens with one attached hydrogen (secondary N) is 2. The van der Waals surface area contributed by atoms with E-state index in [0.717, 1.165) is 12.0 Å². The van der Waals surface area contributed by atoms with Crippen molar-refractivity contribution < 1.29 is 27.1 Å². The normalized spacial score (nSPS) is 13.9. The predicted octanol–water partition coefficient (Wildman–Crippen LogP) is 3.17. The smallest absolute Gasteiger partial charge is 0.241 e. The fourth-order valence-electron chi connectivity index (χ4n) is 3.18. The van der Waals surface area contributed by atoms with Crippen molar-refractivity contribution in [1.29, 1.82) is 0 Å². The molecule has 168 valence electrons. The molecule has 1 aliphatic rings. The predicted molar refractivity (Wildman–Crippen MR) is 119 cm³/mol. The molecule has 0 radical (unpaired) electrons. The van der Waals surface area contributed by atoms with Crippen LogP contribution in [0.5, 0.6) is 5.75 Å². The molecule has 1 heterocycles. The van der Waals surface area contributed by atoms with E-state index in [4.69, 9.17) is 25.5 Å². The van der Waals surface area contributed by atoms with Gasteiger partial charge in [-0.1, -0.05) is 13.0 Å². The van der Waals surface area contributed by atoms with Crippen molar-refractivity contribution in [2.45, 2.75) is 24.7 Å². The van der Waals surface area contributed by atoms with Gasteiger partial charge in [0.2, 0.25) is 15.9 Å². The summed E-state index contributed by atoms with van der Waals surface area (Å²) in [6, 6.07) is 4.71. The summed E-state index contributed by atoms with van der Waals surface area (Å²) in [5.74, 6) is 0.463. The molecular formula is C21H25ClN2O6S. The highest BCUT2D eigenvalue weighted by molar-refractivity contribution is 7.89. The van der Waals surface area contributed by atoms with E-state index in [0.29, 0.717) is 41.2 Å². The van der Waals surface area contributed by atoms with Gasteiger partial charge in [-0.3, -0.25) is 4.79 Å². The van der Waals surface area contributed by atoms with Gasteiger partial charge in [-0.2, -0.15) is 0 Å². The number of allylic oxidation sites excluding steroid dienone is 3. The summed E-state index contributed by atoms with van der Waals surface area (Å²) < 4.78 is 45.0. The summed E-state index contributed by atoms with van der Waals surface area (Å²) >= 11 is 5.53. The Balaban J connectivity index is 1.90. The van der Waals surface area contributed by atoms with Crippen molar-refractivity contribution >= 4 is 44.1 Å². The minimum absolute atomic E-state index is 0.0898. The first-order valence-electron chi connectivity index (χ1n) is 9.84. The maximum absolute atomic E-state index is 12.9. The number of halogens is 1. The Morgan fingerprint density at radius 3 is 2.81 bits per heavy atom. The molecular weight excluding hydrogens is 444 g/mol. The molecule has 0 fully saturated rings. The number of methoxy groups -OCH3 is 1. The molecule has 1 aromatic heterocycles. The lowest BCUT2D eigenvalue weighted by atomic mass is 10.2. The molecule has 31 heavy (non-hydrogen) atoms. The number of fused-ring (bicyclic) bond motifs is 1. The topological polar surface area (TPSA) is 107 Å². The molecule has 0 spiro atoms. The van der Waals surface area contributed by atoms with Gasteiger partial charge in [0.05, 0.1) is 18.6 Å². The van der Waals surface area contributed by atoms with Crippen LogP contribution in [-0.4, -0.2) is 47.1 Å². The summed E-state index contributed by atoms with van der Waals surface area (Å²) in [5, 5.41) is 3.12. The molecule has 3 rings (SSSR count). The largest absolute Gasteiger partial charge is 0.493 e. The Labute approximate surface area is 186 Å². The van der Waals surface area contributed by atoms with Crippen molar-refractivity contribution in [1.82, 2.24) is 10.0 Å². The van der Waals surface area contributed by atoms with Crippen molar-refractivity contribution in [3.05, 3.63) is 41.8 Å². The summed E-state index contributed by atoms with van der Waals surface area (Å²) in [6.45, 7) is 3.02. The lowest BCUT2D eigenvalue weighted by Gasteiger charge is -2.09. The van der Waals surface area contributed by atoms with Crippen molar-refractivity contribution in [3.63, 3.8) is 0 Å². The van der Waals surface area contributed by atoms with E-state index < -0.39 is 10.0 Å². The summed E-state index contributed by atoms with van der Waals surface area (Å²) in [6.07, 6.45) is 5.03. The number of rotatable bonds is 11. The average Bonchev–Trinajstić information content (AvgIpc) is 3.39. The van der Waals surface area contributed by atoms with Gasteiger partial charge in [-0.05, 0) is 30.7 Å². The Hall–Kier alpha value is -2.33. The number of hydrogen-bond acceptors (Lipinski definition) is 6. The van der Waals surface area contributed by atoms with Crippen molar-refractivity contribution in [2.75, 3.05) is 32.7 Å². The Bertz CT molecular complexity index is 1120. The Morgan fingerprint density at radius 2 is 2.10 bits per heavy atom. The SMILES string of the molecule is CCCOCCNS(=O)(=O)c1ccc(OC)c2oc(C3=CCC(NC(=O)CCl)=C3)cc12. The second-order valence-electron chi connectivity index (χ2n) is 6.84. The highest BCUT2D eigenvalue weighted by atomic mass is 35.5. The van der Waals surface area contributed by atoms with Gasteiger partial charge in [0, 0.05) is 36.2 Å². The molecule has 2 N–H and O–H groups in total. The highest BCUT2D eigenvalue weighted by Crippen LogP contribution is 2.37. The molecule has 0 bridgehead atoms. The number of sulfonamides is 1. The zero-order chi connectivity index (χ0) is 22.4. The molecule has 1 aliphatic carbocycles. The number of carbonyl (C=O) groups is 1. The van der Waals surface area contributed by atoms with Crippen LogP contribution in [0, 0.1) is 0 Å². The van der Waals surface area contributed by atoms with Gasteiger partial charge in [0.1, 0.15) is 11.6 Å². The molecule has 8 nitrogen and oxygen atoms in total. The van der Waals surface area contributed by atoms with Crippen LogP contribution in [0.3, 0.4) is 0 Å². The molecule has 0 atom stereocenters. The van der Waals surface area contributed by atoms with E-state index in [2.05, 4.69) is 10.0 Å². The fourth-order valence-corrected chi connectivity index (χ4v) is 4.44. The summed E-state index contributed by atoms with van der Waals surface area (Å²) in [7, 11) is -2.30. The van der Waals surface area contributed by atoms with Crippen LogP contribution in [-0.2, 0) is 19.6 Å². The number of furan rings is 1. The number of ether oxygens (including phenoxy) is 2. The molecule has 0 saturated carbocycles. The number of carbonyl (C=O) groups excluding carboxylic acids is 1. The van der Waals surface area contributed by atoms with Crippen LogP contribution in [0.2, 0.25) is 0 Å². The standard InChI is InChI=1S/C21H25ClN2O6S/c1-3-9-29-10-8-23-31(26,27)19-7-6-17(28-2)21-16(19)12-18(30-21)14-4-5-15(11-14)24-20(25)13-22/h4,6-7,11-12,23H,3,5,8-10,13H2,1-2H3,(H,24,25). The van der Waals surface area contributed by atoms with Crippen LogP contribution >= 0.6 is 11.6 Å². The van der Waals surface area contributed by atoms with E-state index in [1.54, 1.807) is 18.2 Å². The Kier molecular flexibility index (Phi) is 7.77. The van der Waals surface area contributed by atoms with Crippen molar-refractivity contribution in [3.8, 4) is 5.75 Å². The molecule has 1 amide bonds. The third-order valence-electron chi connectivity index (χ3n) is 4.58. The van der Waals surface area contributed by atoms with Crippen molar-refractivity contribution in [2.24, 2.45) is 0 Å². The minimum atomic E-state index is -3.79. The summed E-state index contributed by atoms with van der Waals surface area (Å²) in [5.41, 5.74) is 1.75. The maximum Gasteiger partial charge on any atom is 0.241 e. The highest BCUT2D eigenvalue weighted by Gasteiger charge is 2.23. The molecule has 0 unspecified atom stereocenters. The molecule has 0 saturated heterocycles. The van der Waals surface area contributed by atoms with Gasteiger partial charge < -0.3 is 19.2 Å². The number of amides is 1. The molecule has 1 aromatic carbocycles. The zero-order valence-corrected chi connectivity index (χ0v) is 18.9. The summed E-state index contributed by atoms with van der Waals surface area (Å²) in [4.78, 5) is 11.6. The van der Waals surface area contributed by atoms with Gasteiger partial charge in [0.25, 0.3) is 0 Å². The van der Waals surface area contributed by atoms with Crippen LogP contribution in [0.25, 0.3) is 16.5 Å². The Morgan fingerprint density at radius 1 is 1.29 bits per heavy atom. The zero-order valence-electron chi connectivity index (χ0n) is 17.4. The average molecular weight is 469 g/mol. The van der Waals surface area contributed by atoms with E-state index in [1.165, 1.54) is 13.2 Å². The van der Waals surface area contributed by atoms with Crippen LogP contribution in [0.1, 0.15) is 25.5 Å². The van der Waals surface area contributed by atoms with Gasteiger partial charge in [0.15, 0.2) is 11.3 Å². The lowest BCUT2D eigenvalue weighted by Crippen LogP contribution is -2.27. The second kappa shape index (κ2) is 10.3. The van der Waals surface area contributed by atoms with E-state index >= 15 is 0 Å². The number of benzene rings is 1. The second-order valence-corrected chi connectivity index (χ2v) is 8.85. The van der Waals surface area contributed by atoms with Crippen LogP contribution in [0.4, 0.5) is 0 Å². The molecule has 2 aromatic rings.